The normalized spacial score (nSPS) is 16.7. The van der Waals surface area contributed by atoms with E-state index in [0.717, 1.165) is 18.4 Å². The van der Waals surface area contributed by atoms with E-state index in [1.807, 2.05) is 24.3 Å². The fourth-order valence-electron chi connectivity index (χ4n) is 2.67. The number of unbranched alkanes of at least 4 members (excludes halogenated alkanes) is 1. The Morgan fingerprint density at radius 2 is 1.96 bits per heavy atom. The molecule has 0 unspecified atom stereocenters. The van der Waals surface area contributed by atoms with Gasteiger partial charge in [-0.05, 0) is 19.4 Å². The fraction of sp³-hybridized carbons (Fsp3) is 0.474. The van der Waals surface area contributed by atoms with Crippen molar-refractivity contribution in [2.75, 3.05) is 26.9 Å². The topological polar surface area (TPSA) is 85.9 Å². The Bertz CT molecular complexity index is 672. The van der Waals surface area contributed by atoms with Gasteiger partial charge in [-0.2, -0.15) is 0 Å². The number of urea groups is 1. The number of nitrogens with one attached hydrogen (secondary N) is 2. The van der Waals surface area contributed by atoms with Crippen LogP contribution in [0.15, 0.2) is 35.5 Å². The van der Waals surface area contributed by atoms with Crippen LogP contribution in [-0.4, -0.2) is 38.9 Å². The molecule has 1 aromatic rings. The lowest BCUT2D eigenvalue weighted by Crippen LogP contribution is -2.45. The van der Waals surface area contributed by atoms with Crippen molar-refractivity contribution >= 4 is 12.0 Å². The number of para-hydroxylation sites is 1. The van der Waals surface area contributed by atoms with Crippen molar-refractivity contribution in [2.24, 2.45) is 0 Å². The quantitative estimate of drug-likeness (QED) is 0.521. The van der Waals surface area contributed by atoms with Gasteiger partial charge in [0.15, 0.2) is 0 Å². The van der Waals surface area contributed by atoms with E-state index in [1.54, 1.807) is 6.92 Å². The summed E-state index contributed by atoms with van der Waals surface area (Å²) in [4.78, 5) is 24.6. The fourth-order valence-corrected chi connectivity index (χ4v) is 2.67. The maximum absolute atomic E-state index is 12.6. The number of rotatable bonds is 9. The Hall–Kier alpha value is -2.54. The van der Waals surface area contributed by atoms with Crippen molar-refractivity contribution in [1.82, 2.24) is 10.6 Å². The number of benzene rings is 1. The zero-order valence-corrected chi connectivity index (χ0v) is 15.5. The summed E-state index contributed by atoms with van der Waals surface area (Å²) < 4.78 is 16.0. The lowest BCUT2D eigenvalue weighted by atomic mass is 9.95. The second kappa shape index (κ2) is 9.82. The molecular formula is C19H26N2O5. The van der Waals surface area contributed by atoms with E-state index >= 15 is 0 Å². The number of hydrogen-bond donors (Lipinski definition) is 2. The Kier molecular flexibility index (Phi) is 7.47. The van der Waals surface area contributed by atoms with Crippen LogP contribution < -0.4 is 15.4 Å². The third-order valence-corrected chi connectivity index (χ3v) is 4.00. The molecule has 1 atom stereocenters. The van der Waals surface area contributed by atoms with Crippen LogP contribution in [0.3, 0.4) is 0 Å². The van der Waals surface area contributed by atoms with Gasteiger partial charge in [-0.3, -0.25) is 0 Å². The Morgan fingerprint density at radius 3 is 2.69 bits per heavy atom. The summed E-state index contributed by atoms with van der Waals surface area (Å²) in [5.74, 6) is 0.142. The SMILES string of the molecule is CCCCOc1ccccc1[C@@H]1NC(=O)NC(C)=C1C(=O)OCCOC. The highest BCUT2D eigenvalue weighted by molar-refractivity contribution is 5.95. The van der Waals surface area contributed by atoms with Crippen LogP contribution in [0.25, 0.3) is 0 Å². The van der Waals surface area contributed by atoms with E-state index in [-0.39, 0.29) is 12.6 Å². The average molecular weight is 362 g/mol. The molecule has 2 rings (SSSR count). The Labute approximate surface area is 153 Å². The van der Waals surface area contributed by atoms with Gasteiger partial charge in [0.25, 0.3) is 0 Å². The molecule has 2 amide bonds. The zero-order chi connectivity index (χ0) is 18.9. The molecule has 0 saturated carbocycles. The monoisotopic (exact) mass is 362 g/mol. The van der Waals surface area contributed by atoms with Gasteiger partial charge >= 0.3 is 12.0 Å². The lowest BCUT2D eigenvalue weighted by molar-refractivity contribution is -0.140. The third-order valence-electron chi connectivity index (χ3n) is 4.00. The van der Waals surface area contributed by atoms with Crippen LogP contribution in [-0.2, 0) is 14.3 Å². The maximum atomic E-state index is 12.6. The number of hydrogen-bond acceptors (Lipinski definition) is 5. The van der Waals surface area contributed by atoms with Gasteiger partial charge in [-0.1, -0.05) is 31.5 Å². The summed E-state index contributed by atoms with van der Waals surface area (Å²) in [5.41, 5.74) is 1.54. The first-order chi connectivity index (χ1) is 12.6. The highest BCUT2D eigenvalue weighted by atomic mass is 16.6. The molecule has 26 heavy (non-hydrogen) atoms. The van der Waals surface area contributed by atoms with E-state index in [2.05, 4.69) is 17.6 Å². The van der Waals surface area contributed by atoms with E-state index < -0.39 is 12.0 Å². The standard InChI is InChI=1S/C19H26N2O5/c1-4-5-10-25-15-9-7-6-8-14(15)17-16(13(2)20-19(23)21-17)18(22)26-12-11-24-3/h6-9,17H,4-5,10-12H2,1-3H3,(H2,20,21,23)/t17-/m0/s1. The number of amides is 2. The minimum absolute atomic E-state index is 0.140. The molecule has 0 saturated heterocycles. The number of ether oxygens (including phenoxy) is 3. The molecule has 1 aliphatic rings. The minimum atomic E-state index is -0.642. The molecule has 0 bridgehead atoms. The minimum Gasteiger partial charge on any atom is -0.493 e. The maximum Gasteiger partial charge on any atom is 0.338 e. The van der Waals surface area contributed by atoms with Crippen molar-refractivity contribution in [3.63, 3.8) is 0 Å². The van der Waals surface area contributed by atoms with E-state index in [4.69, 9.17) is 14.2 Å². The van der Waals surface area contributed by atoms with Crippen molar-refractivity contribution in [3.05, 3.63) is 41.1 Å². The summed E-state index contributed by atoms with van der Waals surface area (Å²) in [5, 5.41) is 5.42. The first kappa shape index (κ1) is 19.8. The average Bonchev–Trinajstić information content (AvgIpc) is 2.62. The molecule has 0 radical (unpaired) electrons. The van der Waals surface area contributed by atoms with Gasteiger partial charge in [0, 0.05) is 18.4 Å². The van der Waals surface area contributed by atoms with Crippen LogP contribution in [0.5, 0.6) is 5.75 Å². The predicted molar refractivity (Wildman–Crippen MR) is 96.8 cm³/mol. The smallest absolute Gasteiger partial charge is 0.338 e. The van der Waals surface area contributed by atoms with Gasteiger partial charge in [0.2, 0.25) is 0 Å². The number of carbonyl (C=O) groups is 2. The first-order valence-electron chi connectivity index (χ1n) is 8.74. The number of allylic oxidation sites excluding steroid dienone is 1. The van der Waals surface area contributed by atoms with E-state index in [0.29, 0.717) is 30.2 Å². The van der Waals surface area contributed by atoms with Gasteiger partial charge in [0.1, 0.15) is 12.4 Å². The predicted octanol–water partition coefficient (Wildman–Crippen LogP) is 2.68. The highest BCUT2D eigenvalue weighted by Crippen LogP contribution is 2.33. The van der Waals surface area contributed by atoms with Crippen molar-refractivity contribution < 1.29 is 23.8 Å². The number of esters is 1. The summed E-state index contributed by atoms with van der Waals surface area (Å²) >= 11 is 0. The molecule has 1 aliphatic heterocycles. The zero-order valence-electron chi connectivity index (χ0n) is 15.5. The second-order valence-electron chi connectivity index (χ2n) is 5.94. The molecule has 0 fully saturated rings. The summed E-state index contributed by atoms with van der Waals surface area (Å²) in [6.07, 6.45) is 1.94. The molecule has 7 nitrogen and oxygen atoms in total. The van der Waals surface area contributed by atoms with Gasteiger partial charge in [-0.15, -0.1) is 0 Å². The largest absolute Gasteiger partial charge is 0.493 e. The van der Waals surface area contributed by atoms with Crippen LogP contribution in [0, 0.1) is 0 Å². The van der Waals surface area contributed by atoms with Crippen LogP contribution in [0.2, 0.25) is 0 Å². The molecule has 0 aromatic heterocycles. The van der Waals surface area contributed by atoms with Crippen molar-refractivity contribution in [3.8, 4) is 5.75 Å². The lowest BCUT2D eigenvalue weighted by Gasteiger charge is -2.29. The van der Waals surface area contributed by atoms with Crippen molar-refractivity contribution in [1.29, 1.82) is 0 Å². The van der Waals surface area contributed by atoms with Crippen LogP contribution in [0.1, 0.15) is 38.3 Å². The van der Waals surface area contributed by atoms with E-state index in [9.17, 15) is 9.59 Å². The Morgan fingerprint density at radius 1 is 1.19 bits per heavy atom. The number of methoxy groups -OCH3 is 1. The Balaban J connectivity index is 2.31. The molecule has 0 aliphatic carbocycles. The molecule has 2 N–H and O–H groups in total. The molecule has 7 heteroatoms. The summed E-state index contributed by atoms with van der Waals surface area (Å²) in [6.45, 7) is 4.78. The first-order valence-corrected chi connectivity index (χ1v) is 8.74. The third kappa shape index (κ3) is 4.98. The van der Waals surface area contributed by atoms with E-state index in [1.165, 1.54) is 7.11 Å². The second-order valence-corrected chi connectivity index (χ2v) is 5.94. The summed E-state index contributed by atoms with van der Waals surface area (Å²) in [6, 6.07) is 6.37. The molecular weight excluding hydrogens is 336 g/mol. The highest BCUT2D eigenvalue weighted by Gasteiger charge is 2.33. The van der Waals surface area contributed by atoms with Crippen LogP contribution in [0.4, 0.5) is 4.79 Å². The van der Waals surface area contributed by atoms with Crippen LogP contribution >= 0.6 is 0 Å². The van der Waals surface area contributed by atoms with Gasteiger partial charge in [0.05, 0.1) is 24.8 Å². The van der Waals surface area contributed by atoms with Gasteiger partial charge in [-0.25, -0.2) is 9.59 Å². The molecule has 1 heterocycles. The van der Waals surface area contributed by atoms with Crippen molar-refractivity contribution in [2.45, 2.75) is 32.7 Å². The molecule has 1 aromatic carbocycles. The molecule has 0 spiro atoms. The summed E-state index contributed by atoms with van der Waals surface area (Å²) in [7, 11) is 1.54. The molecule has 142 valence electrons. The number of carbonyl (C=O) groups excluding carboxylic acids is 2. The van der Waals surface area contributed by atoms with Gasteiger partial charge < -0.3 is 24.8 Å².